The number of nitrogens with one attached hydrogen (secondary N) is 1. The monoisotopic (exact) mass is 255 g/mol. The molecular formula is C15H17N3O. The highest BCUT2D eigenvalue weighted by Gasteiger charge is 2.19. The Balaban J connectivity index is 1.92. The van der Waals surface area contributed by atoms with Gasteiger partial charge in [-0.1, -0.05) is 18.2 Å². The minimum absolute atomic E-state index is 0.714. The van der Waals surface area contributed by atoms with E-state index in [-0.39, 0.29) is 0 Å². The summed E-state index contributed by atoms with van der Waals surface area (Å²) in [6, 6.07) is 8.04. The topological polar surface area (TPSA) is 47.0 Å². The van der Waals surface area contributed by atoms with Crippen molar-refractivity contribution in [3.63, 3.8) is 0 Å². The van der Waals surface area contributed by atoms with Crippen LogP contribution in [0.4, 0.5) is 0 Å². The number of fused-ring (bicyclic) bond motifs is 1. The molecule has 1 aromatic carbocycles. The van der Waals surface area contributed by atoms with Crippen molar-refractivity contribution in [2.24, 2.45) is 0 Å². The second-order valence-corrected chi connectivity index (χ2v) is 4.70. The summed E-state index contributed by atoms with van der Waals surface area (Å²) in [6.45, 7) is 0.781. The third-order valence-electron chi connectivity index (χ3n) is 3.38. The smallest absolute Gasteiger partial charge is 0.225 e. The van der Waals surface area contributed by atoms with Crippen LogP contribution in [0, 0.1) is 0 Å². The van der Waals surface area contributed by atoms with Crippen molar-refractivity contribution in [1.82, 2.24) is 15.3 Å². The molecule has 0 unspecified atom stereocenters. The summed E-state index contributed by atoms with van der Waals surface area (Å²) in [5.74, 6) is 1.58. The molecule has 0 aliphatic heterocycles. The number of benzene rings is 1. The van der Waals surface area contributed by atoms with Crippen molar-refractivity contribution in [3.8, 4) is 11.6 Å². The maximum atomic E-state index is 6.01. The molecule has 98 valence electrons. The zero-order chi connectivity index (χ0) is 13.1. The SMILES string of the molecule is CNCc1ccccc1Oc1ncnc2c1CCC2. The third-order valence-corrected chi connectivity index (χ3v) is 3.38. The van der Waals surface area contributed by atoms with E-state index >= 15 is 0 Å². The van der Waals surface area contributed by atoms with Gasteiger partial charge in [-0.15, -0.1) is 0 Å². The number of aryl methyl sites for hydroxylation is 1. The van der Waals surface area contributed by atoms with Crippen LogP contribution in [-0.4, -0.2) is 17.0 Å². The first-order valence-corrected chi connectivity index (χ1v) is 6.61. The van der Waals surface area contributed by atoms with Gasteiger partial charge in [-0.3, -0.25) is 0 Å². The first kappa shape index (κ1) is 12.1. The van der Waals surface area contributed by atoms with Crippen LogP contribution >= 0.6 is 0 Å². The van der Waals surface area contributed by atoms with E-state index in [1.54, 1.807) is 6.33 Å². The Morgan fingerprint density at radius 1 is 1.21 bits per heavy atom. The first-order chi connectivity index (χ1) is 9.38. The zero-order valence-corrected chi connectivity index (χ0v) is 11.0. The van der Waals surface area contributed by atoms with Gasteiger partial charge in [-0.05, 0) is 32.4 Å². The number of hydrogen-bond acceptors (Lipinski definition) is 4. The highest BCUT2D eigenvalue weighted by molar-refractivity contribution is 5.40. The fourth-order valence-corrected chi connectivity index (χ4v) is 2.46. The van der Waals surface area contributed by atoms with Crippen molar-refractivity contribution < 1.29 is 4.74 Å². The molecule has 2 aromatic rings. The van der Waals surface area contributed by atoms with Crippen LogP contribution in [0.3, 0.4) is 0 Å². The fraction of sp³-hybridized carbons (Fsp3) is 0.333. The molecule has 1 heterocycles. The van der Waals surface area contributed by atoms with E-state index in [0.29, 0.717) is 5.88 Å². The molecule has 1 aliphatic rings. The lowest BCUT2D eigenvalue weighted by atomic mass is 10.2. The van der Waals surface area contributed by atoms with Gasteiger partial charge in [-0.25, -0.2) is 9.97 Å². The molecule has 1 aromatic heterocycles. The molecule has 1 N–H and O–H groups in total. The number of para-hydroxylation sites is 1. The Bertz CT molecular complexity index is 583. The van der Waals surface area contributed by atoms with E-state index in [1.165, 1.54) is 5.56 Å². The molecule has 4 nitrogen and oxygen atoms in total. The number of ether oxygens (including phenoxy) is 1. The lowest BCUT2D eigenvalue weighted by molar-refractivity contribution is 0.448. The Morgan fingerprint density at radius 3 is 3.00 bits per heavy atom. The predicted molar refractivity (Wildman–Crippen MR) is 73.3 cm³/mol. The number of aromatic nitrogens is 2. The summed E-state index contributed by atoms with van der Waals surface area (Å²) in [5, 5.41) is 3.15. The van der Waals surface area contributed by atoms with Crippen LogP contribution in [0.5, 0.6) is 11.6 Å². The Labute approximate surface area is 112 Å². The van der Waals surface area contributed by atoms with Gasteiger partial charge in [0, 0.05) is 17.7 Å². The van der Waals surface area contributed by atoms with Crippen LogP contribution in [0.1, 0.15) is 23.2 Å². The van der Waals surface area contributed by atoms with Crippen LogP contribution in [-0.2, 0) is 19.4 Å². The van der Waals surface area contributed by atoms with E-state index in [0.717, 1.165) is 42.8 Å². The zero-order valence-electron chi connectivity index (χ0n) is 11.0. The molecular weight excluding hydrogens is 238 g/mol. The average Bonchev–Trinajstić information content (AvgIpc) is 2.91. The van der Waals surface area contributed by atoms with Crippen molar-refractivity contribution in [2.45, 2.75) is 25.8 Å². The van der Waals surface area contributed by atoms with Gasteiger partial charge in [0.25, 0.3) is 0 Å². The summed E-state index contributed by atoms with van der Waals surface area (Å²) < 4.78 is 6.01. The number of nitrogens with zero attached hydrogens (tertiary/aromatic N) is 2. The van der Waals surface area contributed by atoms with Gasteiger partial charge in [0.05, 0.1) is 5.69 Å². The molecule has 0 spiro atoms. The number of hydrogen-bond donors (Lipinski definition) is 1. The molecule has 19 heavy (non-hydrogen) atoms. The van der Waals surface area contributed by atoms with Crippen molar-refractivity contribution in [3.05, 3.63) is 47.4 Å². The highest BCUT2D eigenvalue weighted by atomic mass is 16.5. The second-order valence-electron chi connectivity index (χ2n) is 4.70. The number of rotatable bonds is 4. The van der Waals surface area contributed by atoms with E-state index in [4.69, 9.17) is 4.74 Å². The van der Waals surface area contributed by atoms with Gasteiger partial charge in [-0.2, -0.15) is 0 Å². The van der Waals surface area contributed by atoms with Crippen LogP contribution < -0.4 is 10.1 Å². The van der Waals surface area contributed by atoms with Crippen LogP contribution in [0.25, 0.3) is 0 Å². The molecule has 0 amide bonds. The second kappa shape index (κ2) is 5.36. The molecule has 0 atom stereocenters. The molecule has 0 bridgehead atoms. The molecule has 0 saturated carbocycles. The van der Waals surface area contributed by atoms with E-state index < -0.39 is 0 Å². The van der Waals surface area contributed by atoms with Crippen LogP contribution in [0.2, 0.25) is 0 Å². The molecule has 4 heteroatoms. The Morgan fingerprint density at radius 2 is 2.11 bits per heavy atom. The van der Waals surface area contributed by atoms with E-state index in [9.17, 15) is 0 Å². The maximum Gasteiger partial charge on any atom is 0.225 e. The Hall–Kier alpha value is -1.94. The largest absolute Gasteiger partial charge is 0.438 e. The first-order valence-electron chi connectivity index (χ1n) is 6.61. The molecule has 0 fully saturated rings. The summed E-state index contributed by atoms with van der Waals surface area (Å²) in [4.78, 5) is 8.61. The summed E-state index contributed by atoms with van der Waals surface area (Å²) >= 11 is 0. The lowest BCUT2D eigenvalue weighted by Crippen LogP contribution is -2.07. The fourth-order valence-electron chi connectivity index (χ4n) is 2.46. The van der Waals surface area contributed by atoms with Gasteiger partial charge in [0.1, 0.15) is 12.1 Å². The lowest BCUT2D eigenvalue weighted by Gasteiger charge is -2.12. The van der Waals surface area contributed by atoms with Gasteiger partial charge in [0.15, 0.2) is 0 Å². The van der Waals surface area contributed by atoms with Crippen molar-refractivity contribution in [2.75, 3.05) is 7.05 Å². The highest BCUT2D eigenvalue weighted by Crippen LogP contribution is 2.31. The minimum Gasteiger partial charge on any atom is -0.438 e. The minimum atomic E-state index is 0.714. The molecule has 0 radical (unpaired) electrons. The van der Waals surface area contributed by atoms with Crippen LogP contribution in [0.15, 0.2) is 30.6 Å². The van der Waals surface area contributed by atoms with Crippen molar-refractivity contribution >= 4 is 0 Å². The predicted octanol–water partition coefficient (Wildman–Crippen LogP) is 2.48. The maximum absolute atomic E-state index is 6.01. The standard InChI is InChI=1S/C15H17N3O/c1-16-9-11-5-2-3-8-14(11)19-15-12-6-4-7-13(12)17-10-18-15/h2-3,5,8,10,16H,4,6-7,9H2,1H3. The molecule has 0 saturated heterocycles. The van der Waals surface area contributed by atoms with Gasteiger partial charge in [0.2, 0.25) is 5.88 Å². The quantitative estimate of drug-likeness (QED) is 0.911. The summed E-state index contributed by atoms with van der Waals surface area (Å²) in [5.41, 5.74) is 3.44. The average molecular weight is 255 g/mol. The summed E-state index contributed by atoms with van der Waals surface area (Å²) in [6.07, 6.45) is 4.79. The van der Waals surface area contributed by atoms with E-state index in [1.807, 2.05) is 25.2 Å². The third kappa shape index (κ3) is 2.44. The summed E-state index contributed by atoms with van der Waals surface area (Å²) in [7, 11) is 1.93. The van der Waals surface area contributed by atoms with Crippen molar-refractivity contribution in [1.29, 1.82) is 0 Å². The van der Waals surface area contributed by atoms with Gasteiger partial charge >= 0.3 is 0 Å². The van der Waals surface area contributed by atoms with Gasteiger partial charge < -0.3 is 10.1 Å². The Kier molecular flexibility index (Phi) is 3.42. The molecule has 1 aliphatic carbocycles. The normalized spacial score (nSPS) is 13.3. The van der Waals surface area contributed by atoms with E-state index in [2.05, 4.69) is 21.4 Å². The molecule has 3 rings (SSSR count).